The number of hydrogen-bond acceptors (Lipinski definition) is 5. The van der Waals surface area contributed by atoms with Crippen LogP contribution in [0.25, 0.3) is 0 Å². The second-order valence-electron chi connectivity index (χ2n) is 11.9. The van der Waals surface area contributed by atoms with Gasteiger partial charge in [0.05, 0.1) is 34.1 Å². The molecule has 1 heterocycles. The zero-order valence-corrected chi connectivity index (χ0v) is 29.3. The van der Waals surface area contributed by atoms with E-state index >= 15 is 0 Å². The molecule has 0 aliphatic rings. The fourth-order valence-corrected chi connectivity index (χ4v) is 6.11. The van der Waals surface area contributed by atoms with E-state index in [1.54, 1.807) is 0 Å². The van der Waals surface area contributed by atoms with Gasteiger partial charge in [-0.15, -0.1) is 11.3 Å². The lowest BCUT2D eigenvalue weighted by atomic mass is 10.1. The lowest BCUT2D eigenvalue weighted by molar-refractivity contribution is 0.304. The number of ether oxygens (including phenoxy) is 2. The Morgan fingerprint density at radius 3 is 1.15 bits per heavy atom. The summed E-state index contributed by atoms with van der Waals surface area (Å²) in [5, 5.41) is 19.6. The van der Waals surface area contributed by atoms with Gasteiger partial charge in [-0.2, -0.15) is 10.5 Å². The molecule has 0 saturated heterocycles. The number of hydrogen-bond donors (Lipinski definition) is 0. The Morgan fingerprint density at radius 2 is 0.809 bits per heavy atom. The lowest BCUT2D eigenvalue weighted by Gasteiger charge is -2.06. The van der Waals surface area contributed by atoms with Crippen LogP contribution in [-0.4, -0.2) is 13.2 Å². The molecule has 0 radical (unpaired) electrons. The summed E-state index contributed by atoms with van der Waals surface area (Å²) in [7, 11) is 0. The van der Waals surface area contributed by atoms with Gasteiger partial charge in [-0.05, 0) is 73.2 Å². The van der Waals surface area contributed by atoms with Gasteiger partial charge < -0.3 is 9.47 Å². The van der Waals surface area contributed by atoms with Crippen molar-refractivity contribution in [3.05, 3.63) is 80.5 Å². The van der Waals surface area contributed by atoms with Gasteiger partial charge in [-0.1, -0.05) is 116 Å². The van der Waals surface area contributed by atoms with E-state index in [-0.39, 0.29) is 11.1 Å². The summed E-state index contributed by atoms with van der Waals surface area (Å²) in [6, 6.07) is 19.7. The van der Waals surface area contributed by atoms with Crippen molar-refractivity contribution in [3.63, 3.8) is 0 Å². The van der Waals surface area contributed by atoms with Crippen LogP contribution in [0.1, 0.15) is 149 Å². The summed E-state index contributed by atoms with van der Waals surface area (Å²) < 4.78 is 11.8. The van der Waals surface area contributed by atoms with Crippen molar-refractivity contribution in [1.29, 1.82) is 10.5 Å². The number of rotatable bonds is 20. The maximum atomic E-state index is 9.80. The minimum Gasteiger partial charge on any atom is -0.494 e. The summed E-state index contributed by atoms with van der Waals surface area (Å²) in [5.41, 5.74) is 2.20. The highest BCUT2D eigenvalue weighted by molar-refractivity contribution is 7.13. The van der Waals surface area contributed by atoms with Crippen LogP contribution in [0.3, 0.4) is 0 Å². The molecule has 1 aromatic heterocycles. The van der Waals surface area contributed by atoms with Crippen molar-refractivity contribution in [2.75, 3.05) is 13.2 Å². The molecule has 3 rings (SSSR count). The molecule has 0 bridgehead atoms. The second-order valence-corrected chi connectivity index (χ2v) is 12.9. The second kappa shape index (κ2) is 23.2. The fourth-order valence-electron chi connectivity index (χ4n) is 5.20. The first-order valence-corrected chi connectivity index (χ1v) is 18.5. The molecular formula is C42H50N2O2S. The van der Waals surface area contributed by atoms with Crippen LogP contribution < -0.4 is 9.47 Å². The molecule has 0 aliphatic heterocycles. The topological polar surface area (TPSA) is 66.0 Å². The summed E-state index contributed by atoms with van der Waals surface area (Å²) in [5.74, 6) is 14.1. The van der Waals surface area contributed by atoms with Gasteiger partial charge >= 0.3 is 0 Å². The third kappa shape index (κ3) is 14.4. The van der Waals surface area contributed by atoms with Crippen LogP contribution in [-0.2, 0) is 0 Å². The fraction of sp³-hybridized carbons (Fsp3) is 0.476. The van der Waals surface area contributed by atoms with Gasteiger partial charge in [0.2, 0.25) is 0 Å². The van der Waals surface area contributed by atoms with Crippen LogP contribution in [0.5, 0.6) is 11.5 Å². The molecule has 246 valence electrons. The predicted molar refractivity (Wildman–Crippen MR) is 195 cm³/mol. The van der Waals surface area contributed by atoms with Crippen LogP contribution in [0, 0.1) is 46.3 Å². The van der Waals surface area contributed by atoms with Gasteiger partial charge in [0.15, 0.2) is 0 Å². The van der Waals surface area contributed by atoms with Crippen molar-refractivity contribution in [1.82, 2.24) is 0 Å². The monoisotopic (exact) mass is 646 g/mol. The highest BCUT2D eigenvalue weighted by Gasteiger charge is 2.16. The molecule has 0 saturated carbocycles. The van der Waals surface area contributed by atoms with Crippen LogP contribution in [0.15, 0.2) is 48.5 Å². The normalized spacial score (nSPS) is 10.2. The molecule has 0 N–H and O–H groups in total. The Labute approximate surface area is 288 Å². The molecule has 4 nitrogen and oxygen atoms in total. The Morgan fingerprint density at radius 1 is 0.468 bits per heavy atom. The maximum Gasteiger partial charge on any atom is 0.119 e. The Bertz CT molecular complexity index is 1420. The zero-order chi connectivity index (χ0) is 33.4. The molecule has 5 heteroatoms. The molecule has 47 heavy (non-hydrogen) atoms. The van der Waals surface area contributed by atoms with E-state index in [1.165, 1.54) is 101 Å². The van der Waals surface area contributed by atoms with E-state index in [2.05, 4.69) is 49.7 Å². The van der Waals surface area contributed by atoms with Crippen molar-refractivity contribution in [2.45, 2.75) is 117 Å². The predicted octanol–water partition coefficient (Wildman–Crippen LogP) is 11.3. The molecule has 0 spiro atoms. The molecule has 0 amide bonds. The third-order valence-electron chi connectivity index (χ3n) is 8.01. The van der Waals surface area contributed by atoms with Crippen molar-refractivity contribution < 1.29 is 9.47 Å². The smallest absolute Gasteiger partial charge is 0.119 e. The van der Waals surface area contributed by atoms with E-state index in [9.17, 15) is 10.5 Å². The molecule has 0 fully saturated rings. The Hall–Kier alpha value is -4.16. The summed E-state index contributed by atoms with van der Waals surface area (Å²) in [6.07, 6.45) is 20.4. The zero-order valence-electron chi connectivity index (χ0n) is 28.5. The Balaban J connectivity index is 1.49. The largest absolute Gasteiger partial charge is 0.494 e. The first-order chi connectivity index (χ1) is 23.2. The molecule has 2 aromatic carbocycles. The molecule has 3 aromatic rings. The van der Waals surface area contributed by atoms with Crippen LogP contribution >= 0.6 is 11.3 Å². The van der Waals surface area contributed by atoms with Gasteiger partial charge in [0, 0.05) is 11.1 Å². The minimum atomic E-state index is 0.282. The quantitative estimate of drug-likeness (QED) is 0.0905. The van der Waals surface area contributed by atoms with Crippen molar-refractivity contribution >= 4 is 11.3 Å². The van der Waals surface area contributed by atoms with Gasteiger partial charge in [-0.3, -0.25) is 0 Å². The number of nitriles is 2. The van der Waals surface area contributed by atoms with Gasteiger partial charge in [-0.25, -0.2) is 0 Å². The van der Waals surface area contributed by atoms with Crippen LogP contribution in [0.4, 0.5) is 0 Å². The molecule has 0 unspecified atom stereocenters. The van der Waals surface area contributed by atoms with Gasteiger partial charge in [0.1, 0.15) is 23.6 Å². The highest BCUT2D eigenvalue weighted by atomic mass is 32.1. The van der Waals surface area contributed by atoms with E-state index in [4.69, 9.17) is 9.47 Å². The summed E-state index contributed by atoms with van der Waals surface area (Å²) in [4.78, 5) is 1.10. The van der Waals surface area contributed by atoms with E-state index in [1.807, 2.05) is 48.5 Å². The number of nitrogens with zero attached hydrogens (tertiary/aromatic N) is 2. The van der Waals surface area contributed by atoms with Crippen molar-refractivity contribution in [3.8, 4) is 47.3 Å². The summed E-state index contributed by atoms with van der Waals surface area (Å²) >= 11 is 1.28. The van der Waals surface area contributed by atoms with Crippen molar-refractivity contribution in [2.24, 2.45) is 0 Å². The van der Waals surface area contributed by atoms with Crippen LogP contribution in [0.2, 0.25) is 0 Å². The van der Waals surface area contributed by atoms with E-state index in [0.29, 0.717) is 9.75 Å². The minimum absolute atomic E-state index is 0.282. The number of benzene rings is 2. The maximum absolute atomic E-state index is 9.80. The first-order valence-electron chi connectivity index (χ1n) is 17.6. The average molecular weight is 647 g/mol. The van der Waals surface area contributed by atoms with E-state index < -0.39 is 0 Å². The molecule has 0 aliphatic carbocycles. The molecular weight excluding hydrogens is 597 g/mol. The standard InChI is InChI=1S/C42H50N2O2S/c1-3-5-7-9-11-13-15-17-31-45-37-25-19-35(20-26-37)23-29-41-39(33-43)40(34-44)42(47-41)30-24-36-21-27-38(28-22-36)46-32-18-16-14-12-10-8-6-4-2/h19-22,25-28H,3-18,31-32H2,1-2H3. The van der Waals surface area contributed by atoms with E-state index in [0.717, 1.165) is 48.7 Å². The Kier molecular flexibility index (Phi) is 18.4. The number of unbranched alkanes of at least 4 members (excludes halogenated alkanes) is 14. The lowest BCUT2D eigenvalue weighted by Crippen LogP contribution is -1.97. The average Bonchev–Trinajstić information content (AvgIpc) is 3.45. The highest BCUT2D eigenvalue weighted by Crippen LogP contribution is 2.27. The SMILES string of the molecule is CCCCCCCCCCOc1ccc(C#Cc2sc(C#Cc3ccc(OCCCCCCCCCC)cc3)c(C#N)c2C#N)cc1. The third-order valence-corrected chi connectivity index (χ3v) is 9.04. The summed E-state index contributed by atoms with van der Waals surface area (Å²) in [6.45, 7) is 5.94. The van der Waals surface area contributed by atoms with Gasteiger partial charge in [0.25, 0.3) is 0 Å². The molecule has 0 atom stereocenters. The first kappa shape index (κ1) is 37.3. The number of thiophene rings is 1.